The van der Waals surface area contributed by atoms with Crippen molar-refractivity contribution in [1.82, 2.24) is 15.6 Å². The van der Waals surface area contributed by atoms with Crippen molar-refractivity contribution in [2.45, 2.75) is 51.6 Å². The van der Waals surface area contributed by atoms with E-state index < -0.39 is 0 Å². The van der Waals surface area contributed by atoms with Gasteiger partial charge in [-0.3, -0.25) is 14.5 Å². The Kier molecular flexibility index (Phi) is 6.85. The van der Waals surface area contributed by atoms with Crippen LogP contribution < -0.4 is 25.6 Å². The molecule has 1 fully saturated rings. The molecule has 2 unspecified atom stereocenters. The van der Waals surface area contributed by atoms with Gasteiger partial charge in [-0.05, 0) is 68.1 Å². The van der Waals surface area contributed by atoms with E-state index in [-0.39, 0.29) is 29.9 Å². The van der Waals surface area contributed by atoms with Crippen molar-refractivity contribution in [3.8, 4) is 11.5 Å². The van der Waals surface area contributed by atoms with Crippen LogP contribution in [-0.2, 0) is 4.79 Å². The molecule has 9 nitrogen and oxygen atoms in total. The molecule has 0 radical (unpaired) electrons. The van der Waals surface area contributed by atoms with Gasteiger partial charge in [0.15, 0.2) is 0 Å². The highest BCUT2D eigenvalue weighted by molar-refractivity contribution is 7.21. The van der Waals surface area contributed by atoms with Crippen LogP contribution in [-0.4, -0.2) is 34.9 Å². The predicted molar refractivity (Wildman–Crippen MR) is 156 cm³/mol. The van der Waals surface area contributed by atoms with Crippen LogP contribution in [0, 0.1) is 6.92 Å². The topological polar surface area (TPSA) is 113 Å². The van der Waals surface area contributed by atoms with Crippen molar-refractivity contribution in [1.29, 1.82) is 0 Å². The molecule has 1 aliphatic heterocycles. The van der Waals surface area contributed by atoms with Gasteiger partial charge in [0.1, 0.15) is 21.2 Å². The smallest absolute Gasteiger partial charge is 0.331 e. The first-order valence-electron chi connectivity index (χ1n) is 13.4. The van der Waals surface area contributed by atoms with E-state index in [0.29, 0.717) is 45.4 Å². The lowest BCUT2D eigenvalue weighted by Crippen LogP contribution is -2.38. The molecule has 0 saturated heterocycles. The third-order valence-corrected chi connectivity index (χ3v) is 8.39. The first kappa shape index (κ1) is 25.8. The normalized spacial score (nSPS) is 17.9. The molecule has 3 N–H and O–H groups in total. The number of carbonyl (C=O) groups excluding carboxylic acids is 3. The van der Waals surface area contributed by atoms with E-state index in [1.807, 2.05) is 62.4 Å². The fourth-order valence-corrected chi connectivity index (χ4v) is 6.40. The monoisotopic (exact) mass is 555 g/mol. The van der Waals surface area contributed by atoms with Gasteiger partial charge < -0.3 is 20.7 Å². The number of hydrogen-bond acceptors (Lipinski definition) is 6. The molecule has 2 atom stereocenters. The summed E-state index contributed by atoms with van der Waals surface area (Å²) in [5.41, 5.74) is 2.72. The third-order valence-electron chi connectivity index (χ3n) is 7.29. The molecule has 2 aromatic carbocycles. The summed E-state index contributed by atoms with van der Waals surface area (Å²) in [4.78, 5) is 45.9. The minimum Gasteiger partial charge on any atom is -0.457 e. The van der Waals surface area contributed by atoms with Gasteiger partial charge in [0.05, 0.1) is 22.4 Å². The maximum absolute atomic E-state index is 13.5. The zero-order valence-corrected chi connectivity index (χ0v) is 23.0. The molecule has 4 amide bonds. The summed E-state index contributed by atoms with van der Waals surface area (Å²) >= 11 is 1.26. The van der Waals surface area contributed by atoms with E-state index in [9.17, 15) is 14.4 Å². The lowest BCUT2D eigenvalue weighted by Gasteiger charge is -2.29. The molecule has 4 aromatic rings. The summed E-state index contributed by atoms with van der Waals surface area (Å²) in [6, 6.07) is 16.6. The molecule has 2 aliphatic rings. The van der Waals surface area contributed by atoms with Crippen LogP contribution >= 0.6 is 11.3 Å². The van der Waals surface area contributed by atoms with Crippen LogP contribution in [0.15, 0.2) is 60.8 Å². The minimum absolute atomic E-state index is 0.0189. The predicted octanol–water partition coefficient (Wildman–Crippen LogP) is 6.26. The highest BCUT2D eigenvalue weighted by atomic mass is 32.1. The second kappa shape index (κ2) is 10.6. The zero-order valence-electron chi connectivity index (χ0n) is 22.2. The van der Waals surface area contributed by atoms with Crippen molar-refractivity contribution in [2.24, 2.45) is 0 Å². The average molecular weight is 556 g/mol. The lowest BCUT2D eigenvalue weighted by molar-refractivity contribution is -0.121. The van der Waals surface area contributed by atoms with Gasteiger partial charge in [-0.2, -0.15) is 0 Å². The second-order valence-electron chi connectivity index (χ2n) is 10.0. The number of amides is 4. The standard InChI is InChI=1S/C30H29N5O4S/c1-3-24(36)32-18-9-10-19(16-18)33-28(37)27-26-25-23(13-14-31-29(25)40-27)35(30(38)34-26)22-12-11-21(15-17(22)2)39-20-7-5-4-6-8-20/h4-8,11-15,18-19H,3,9-10,16H2,1-2H3,(H,32,36)(H,33,37)(H,34,38). The lowest BCUT2D eigenvalue weighted by atomic mass is 10.1. The Morgan fingerprint density at radius 1 is 1.05 bits per heavy atom. The van der Waals surface area contributed by atoms with Crippen LogP contribution in [0.2, 0.25) is 0 Å². The number of benzene rings is 2. The number of hydrogen-bond donors (Lipinski definition) is 3. The van der Waals surface area contributed by atoms with Crippen LogP contribution in [0.4, 0.5) is 21.9 Å². The summed E-state index contributed by atoms with van der Waals surface area (Å²) in [7, 11) is 0. The Bertz CT molecular complexity index is 1620. The number of pyridine rings is 1. The van der Waals surface area contributed by atoms with Crippen LogP contribution in [0.3, 0.4) is 0 Å². The van der Waals surface area contributed by atoms with Crippen molar-refractivity contribution in [3.63, 3.8) is 0 Å². The maximum Gasteiger partial charge on any atom is 0.331 e. The molecule has 2 aromatic heterocycles. The first-order valence-corrected chi connectivity index (χ1v) is 14.2. The van der Waals surface area contributed by atoms with E-state index in [4.69, 9.17) is 4.74 Å². The van der Waals surface area contributed by atoms with Crippen molar-refractivity contribution < 1.29 is 19.1 Å². The number of aromatic nitrogens is 1. The molecule has 40 heavy (non-hydrogen) atoms. The van der Waals surface area contributed by atoms with Gasteiger partial charge in [-0.25, -0.2) is 9.78 Å². The maximum atomic E-state index is 13.5. The number of rotatable bonds is 7. The number of nitrogens with zero attached hydrogens (tertiary/aromatic N) is 2. The highest BCUT2D eigenvalue weighted by Crippen LogP contribution is 2.46. The molecule has 10 heteroatoms. The van der Waals surface area contributed by atoms with E-state index in [2.05, 4.69) is 20.9 Å². The van der Waals surface area contributed by atoms with E-state index in [1.165, 1.54) is 11.3 Å². The molecular formula is C30H29N5O4S. The van der Waals surface area contributed by atoms with Crippen LogP contribution in [0.5, 0.6) is 11.5 Å². The van der Waals surface area contributed by atoms with E-state index in [0.717, 1.165) is 29.5 Å². The zero-order chi connectivity index (χ0) is 27.8. The fraction of sp³-hybridized carbons (Fsp3) is 0.267. The molecular weight excluding hydrogens is 526 g/mol. The Morgan fingerprint density at radius 3 is 2.58 bits per heavy atom. The number of carbonyl (C=O) groups is 3. The molecule has 3 heterocycles. The fourth-order valence-electron chi connectivity index (χ4n) is 5.37. The van der Waals surface area contributed by atoms with Gasteiger partial charge in [-0.15, -0.1) is 11.3 Å². The SMILES string of the molecule is CCC(=O)NC1CCC(NC(=O)c2sc3nccc4c3c2NC(=O)N4c2ccc(Oc3ccccc3)cc2C)C1. The highest BCUT2D eigenvalue weighted by Gasteiger charge is 2.34. The van der Waals surface area contributed by atoms with Crippen molar-refractivity contribution in [2.75, 3.05) is 10.2 Å². The Balaban J connectivity index is 1.26. The number of ether oxygens (including phenoxy) is 1. The van der Waals surface area contributed by atoms with E-state index in [1.54, 1.807) is 17.2 Å². The Labute approximate surface area is 235 Å². The Hall–Kier alpha value is -4.44. The summed E-state index contributed by atoms with van der Waals surface area (Å²) in [5.74, 6) is 1.17. The van der Waals surface area contributed by atoms with Gasteiger partial charge in [0.2, 0.25) is 5.91 Å². The van der Waals surface area contributed by atoms with Gasteiger partial charge in [-0.1, -0.05) is 25.1 Å². The quantitative estimate of drug-likeness (QED) is 0.249. The van der Waals surface area contributed by atoms with Crippen LogP contribution in [0.25, 0.3) is 10.2 Å². The number of aryl methyl sites for hydroxylation is 1. The third kappa shape index (κ3) is 4.86. The van der Waals surface area contributed by atoms with Crippen molar-refractivity contribution >= 4 is 56.5 Å². The van der Waals surface area contributed by atoms with Crippen molar-refractivity contribution in [3.05, 3.63) is 71.2 Å². The van der Waals surface area contributed by atoms with Gasteiger partial charge in [0.25, 0.3) is 5.91 Å². The van der Waals surface area contributed by atoms with Gasteiger partial charge in [0, 0.05) is 24.7 Å². The summed E-state index contributed by atoms with van der Waals surface area (Å²) < 4.78 is 5.97. The number of anilines is 3. The summed E-state index contributed by atoms with van der Waals surface area (Å²) in [6.45, 7) is 3.75. The largest absolute Gasteiger partial charge is 0.457 e. The number of thiophene rings is 1. The minimum atomic E-state index is -0.351. The average Bonchev–Trinajstić information content (AvgIpc) is 3.55. The molecule has 204 valence electrons. The van der Waals surface area contributed by atoms with Crippen LogP contribution in [0.1, 0.15) is 47.8 Å². The molecule has 0 bridgehead atoms. The van der Waals surface area contributed by atoms with Gasteiger partial charge >= 0.3 is 6.03 Å². The first-order chi connectivity index (χ1) is 19.4. The molecule has 6 rings (SSSR count). The summed E-state index contributed by atoms with van der Waals surface area (Å²) in [6.07, 6.45) is 4.39. The molecule has 1 saturated carbocycles. The number of para-hydroxylation sites is 1. The number of nitrogens with one attached hydrogen (secondary N) is 3. The second-order valence-corrected chi connectivity index (χ2v) is 11.0. The molecule has 1 aliphatic carbocycles. The van der Waals surface area contributed by atoms with E-state index >= 15 is 0 Å². The summed E-state index contributed by atoms with van der Waals surface area (Å²) in [5, 5.41) is 9.81. The molecule has 0 spiro atoms. The Morgan fingerprint density at radius 2 is 1.82 bits per heavy atom. The number of urea groups is 1.